The Morgan fingerprint density at radius 2 is 2.18 bits per heavy atom. The summed E-state index contributed by atoms with van der Waals surface area (Å²) in [5.41, 5.74) is 1.53. The lowest BCUT2D eigenvalue weighted by Gasteiger charge is -2.47. The van der Waals surface area contributed by atoms with Gasteiger partial charge in [-0.3, -0.25) is 0 Å². The van der Waals surface area contributed by atoms with Gasteiger partial charge in [-0.2, -0.15) is 0 Å². The van der Waals surface area contributed by atoms with Crippen LogP contribution in [0.4, 0.5) is 5.69 Å². The van der Waals surface area contributed by atoms with E-state index >= 15 is 0 Å². The zero-order chi connectivity index (χ0) is 12.5. The SMILES string of the molecule is CNC1CCN(c2cccc(Br)c2)C(C)(C)C1. The molecular formula is C14H21BrN2. The van der Waals surface area contributed by atoms with Crippen molar-refractivity contribution in [2.45, 2.75) is 38.3 Å². The van der Waals surface area contributed by atoms with Crippen LogP contribution < -0.4 is 10.2 Å². The molecule has 0 aromatic heterocycles. The van der Waals surface area contributed by atoms with Crippen LogP contribution in [0.5, 0.6) is 0 Å². The second kappa shape index (κ2) is 4.99. The summed E-state index contributed by atoms with van der Waals surface area (Å²) in [6.45, 7) is 5.78. The van der Waals surface area contributed by atoms with Gasteiger partial charge in [0.15, 0.2) is 0 Å². The van der Waals surface area contributed by atoms with Crippen molar-refractivity contribution >= 4 is 21.6 Å². The van der Waals surface area contributed by atoms with Gasteiger partial charge in [0, 0.05) is 28.3 Å². The van der Waals surface area contributed by atoms with Crippen LogP contribution in [0, 0.1) is 0 Å². The number of halogens is 1. The Labute approximate surface area is 113 Å². The van der Waals surface area contributed by atoms with Gasteiger partial charge < -0.3 is 10.2 Å². The molecule has 0 aliphatic carbocycles. The summed E-state index contributed by atoms with van der Waals surface area (Å²) >= 11 is 3.55. The first-order valence-corrected chi connectivity index (χ1v) is 7.03. The minimum Gasteiger partial charge on any atom is -0.366 e. The molecule has 1 aliphatic heterocycles. The molecule has 1 N–H and O–H groups in total. The molecule has 1 aromatic carbocycles. The van der Waals surface area contributed by atoms with Crippen LogP contribution in [0.2, 0.25) is 0 Å². The van der Waals surface area contributed by atoms with E-state index in [2.05, 4.69) is 71.3 Å². The van der Waals surface area contributed by atoms with Crippen LogP contribution in [0.3, 0.4) is 0 Å². The zero-order valence-corrected chi connectivity index (χ0v) is 12.4. The van der Waals surface area contributed by atoms with Crippen LogP contribution in [0.25, 0.3) is 0 Å². The van der Waals surface area contributed by atoms with E-state index < -0.39 is 0 Å². The lowest BCUT2D eigenvalue weighted by Crippen LogP contribution is -2.54. The highest BCUT2D eigenvalue weighted by Gasteiger charge is 2.34. The maximum atomic E-state index is 3.55. The van der Waals surface area contributed by atoms with Crippen LogP contribution >= 0.6 is 15.9 Å². The Bertz CT molecular complexity index is 390. The number of rotatable bonds is 2. The second-order valence-electron chi connectivity index (χ2n) is 5.42. The molecule has 1 fully saturated rings. The largest absolute Gasteiger partial charge is 0.366 e. The van der Waals surface area contributed by atoms with E-state index in [9.17, 15) is 0 Å². The quantitative estimate of drug-likeness (QED) is 0.900. The van der Waals surface area contributed by atoms with E-state index in [1.165, 1.54) is 18.5 Å². The molecule has 1 heterocycles. The average molecular weight is 297 g/mol. The molecule has 1 saturated heterocycles. The van der Waals surface area contributed by atoms with Crippen LogP contribution in [-0.4, -0.2) is 25.2 Å². The third kappa shape index (κ3) is 2.83. The number of nitrogens with one attached hydrogen (secondary N) is 1. The Balaban J connectivity index is 2.22. The van der Waals surface area contributed by atoms with Gasteiger partial charge in [-0.05, 0) is 51.9 Å². The minimum atomic E-state index is 0.215. The Kier molecular flexibility index (Phi) is 3.79. The summed E-state index contributed by atoms with van der Waals surface area (Å²) in [5, 5.41) is 3.41. The van der Waals surface area contributed by atoms with Gasteiger partial charge in [0.05, 0.1) is 0 Å². The Morgan fingerprint density at radius 1 is 1.41 bits per heavy atom. The van der Waals surface area contributed by atoms with Crippen molar-refractivity contribution in [3.05, 3.63) is 28.7 Å². The van der Waals surface area contributed by atoms with E-state index in [4.69, 9.17) is 0 Å². The van der Waals surface area contributed by atoms with Gasteiger partial charge in [0.2, 0.25) is 0 Å². The van der Waals surface area contributed by atoms with E-state index in [1.54, 1.807) is 0 Å². The fourth-order valence-corrected chi connectivity index (χ4v) is 3.16. The summed E-state index contributed by atoms with van der Waals surface area (Å²) in [4.78, 5) is 2.52. The van der Waals surface area contributed by atoms with Gasteiger partial charge >= 0.3 is 0 Å². The summed E-state index contributed by atoms with van der Waals surface area (Å²) in [6, 6.07) is 9.25. The maximum absolute atomic E-state index is 3.55. The molecule has 1 unspecified atom stereocenters. The molecule has 94 valence electrons. The lowest BCUT2D eigenvalue weighted by molar-refractivity contribution is 0.302. The number of anilines is 1. The third-order valence-corrected chi connectivity index (χ3v) is 4.20. The molecular weight excluding hydrogens is 276 g/mol. The highest BCUT2D eigenvalue weighted by Crippen LogP contribution is 2.33. The first-order chi connectivity index (χ1) is 8.03. The zero-order valence-electron chi connectivity index (χ0n) is 10.8. The van der Waals surface area contributed by atoms with Crippen LogP contribution in [-0.2, 0) is 0 Å². The van der Waals surface area contributed by atoms with E-state index in [1.807, 2.05) is 0 Å². The van der Waals surface area contributed by atoms with Crippen molar-refractivity contribution in [1.29, 1.82) is 0 Å². The molecule has 1 atom stereocenters. The number of nitrogens with zero attached hydrogens (tertiary/aromatic N) is 1. The van der Waals surface area contributed by atoms with Gasteiger partial charge in [-0.1, -0.05) is 22.0 Å². The van der Waals surface area contributed by atoms with Gasteiger partial charge in [-0.15, -0.1) is 0 Å². The van der Waals surface area contributed by atoms with Crippen molar-refractivity contribution in [2.24, 2.45) is 0 Å². The normalized spacial score (nSPS) is 23.8. The van der Waals surface area contributed by atoms with Crippen molar-refractivity contribution in [3.63, 3.8) is 0 Å². The summed E-state index contributed by atoms with van der Waals surface area (Å²) < 4.78 is 1.15. The van der Waals surface area contributed by atoms with Crippen molar-refractivity contribution < 1.29 is 0 Å². The first kappa shape index (κ1) is 12.9. The smallest absolute Gasteiger partial charge is 0.0381 e. The lowest BCUT2D eigenvalue weighted by atomic mass is 9.86. The molecule has 0 saturated carbocycles. The molecule has 0 radical (unpaired) electrons. The fraction of sp³-hybridized carbons (Fsp3) is 0.571. The molecule has 0 amide bonds. The molecule has 0 bridgehead atoms. The number of hydrogen-bond donors (Lipinski definition) is 1. The molecule has 3 heteroatoms. The van der Waals surface area contributed by atoms with Gasteiger partial charge in [-0.25, -0.2) is 0 Å². The van der Waals surface area contributed by atoms with Crippen LogP contribution in [0.1, 0.15) is 26.7 Å². The molecule has 0 spiro atoms. The van der Waals surface area contributed by atoms with Crippen molar-refractivity contribution in [1.82, 2.24) is 5.32 Å². The average Bonchev–Trinajstić information content (AvgIpc) is 2.27. The highest BCUT2D eigenvalue weighted by molar-refractivity contribution is 9.10. The maximum Gasteiger partial charge on any atom is 0.0381 e. The summed E-state index contributed by atoms with van der Waals surface area (Å²) in [6.07, 6.45) is 2.41. The highest BCUT2D eigenvalue weighted by atomic mass is 79.9. The monoisotopic (exact) mass is 296 g/mol. The predicted octanol–water partition coefficient (Wildman–Crippen LogP) is 3.42. The third-order valence-electron chi connectivity index (χ3n) is 3.71. The van der Waals surface area contributed by atoms with Crippen LogP contribution in [0.15, 0.2) is 28.7 Å². The van der Waals surface area contributed by atoms with Crippen molar-refractivity contribution in [2.75, 3.05) is 18.5 Å². The topological polar surface area (TPSA) is 15.3 Å². The second-order valence-corrected chi connectivity index (χ2v) is 6.34. The summed E-state index contributed by atoms with van der Waals surface area (Å²) in [5.74, 6) is 0. The minimum absolute atomic E-state index is 0.215. The van der Waals surface area contributed by atoms with Gasteiger partial charge in [0.25, 0.3) is 0 Å². The molecule has 1 aromatic rings. The Hall–Kier alpha value is -0.540. The summed E-state index contributed by atoms with van der Waals surface area (Å²) in [7, 11) is 2.06. The fourth-order valence-electron chi connectivity index (χ4n) is 2.77. The number of hydrogen-bond acceptors (Lipinski definition) is 2. The first-order valence-electron chi connectivity index (χ1n) is 6.23. The predicted molar refractivity (Wildman–Crippen MR) is 77.6 cm³/mol. The van der Waals surface area contributed by atoms with E-state index in [-0.39, 0.29) is 5.54 Å². The van der Waals surface area contributed by atoms with E-state index in [0.29, 0.717) is 6.04 Å². The molecule has 1 aliphatic rings. The van der Waals surface area contributed by atoms with E-state index in [0.717, 1.165) is 11.0 Å². The number of benzene rings is 1. The van der Waals surface area contributed by atoms with Gasteiger partial charge in [0.1, 0.15) is 0 Å². The Morgan fingerprint density at radius 3 is 2.76 bits per heavy atom. The molecule has 2 nitrogen and oxygen atoms in total. The van der Waals surface area contributed by atoms with Crippen molar-refractivity contribution in [3.8, 4) is 0 Å². The molecule has 2 rings (SSSR count). The molecule has 17 heavy (non-hydrogen) atoms. The standard InChI is InChI=1S/C14H21BrN2/c1-14(2)10-12(16-3)7-8-17(14)13-6-4-5-11(15)9-13/h4-6,9,12,16H,7-8,10H2,1-3H3. The number of piperidine rings is 1.